The highest BCUT2D eigenvalue weighted by atomic mass is 19.1. The number of hydrogen-bond acceptors (Lipinski definition) is 3. The van der Waals surface area contributed by atoms with Crippen LogP contribution in [0, 0.1) is 5.82 Å². The van der Waals surface area contributed by atoms with Gasteiger partial charge in [-0.3, -0.25) is 9.59 Å². The predicted octanol–water partition coefficient (Wildman–Crippen LogP) is 2.11. The quantitative estimate of drug-likeness (QED) is 0.665. The Bertz CT molecular complexity index is 529. The zero-order chi connectivity index (χ0) is 15.1. The molecule has 6 nitrogen and oxygen atoms in total. The van der Waals surface area contributed by atoms with E-state index in [0.717, 1.165) is 18.2 Å². The molecule has 0 unspecified atom stereocenters. The maximum atomic E-state index is 13.4. The van der Waals surface area contributed by atoms with Crippen LogP contribution in [0.15, 0.2) is 18.2 Å². The minimum absolute atomic E-state index is 0.0316. The number of aliphatic carboxylic acids is 1. The molecular weight excluding hydrogens is 269 g/mol. The van der Waals surface area contributed by atoms with Crippen LogP contribution in [-0.4, -0.2) is 28.1 Å². The minimum atomic E-state index is -1.22. The number of rotatable bonds is 7. The summed E-state index contributed by atoms with van der Waals surface area (Å²) in [6.07, 6.45) is 0.721. The number of hydrogen-bond donors (Lipinski definition) is 3. The van der Waals surface area contributed by atoms with Crippen molar-refractivity contribution in [2.75, 3.05) is 5.32 Å². The van der Waals surface area contributed by atoms with Crippen molar-refractivity contribution in [1.29, 1.82) is 0 Å². The van der Waals surface area contributed by atoms with Gasteiger partial charge in [0.25, 0.3) is 0 Å². The number of amides is 1. The van der Waals surface area contributed by atoms with E-state index in [0.29, 0.717) is 12.8 Å². The highest BCUT2D eigenvalue weighted by Crippen LogP contribution is 2.17. The lowest BCUT2D eigenvalue weighted by atomic mass is 10.1. The molecule has 0 spiro atoms. The smallest absolute Gasteiger partial charge is 0.335 e. The normalized spacial score (nSPS) is 10.1. The van der Waals surface area contributed by atoms with Gasteiger partial charge >= 0.3 is 11.9 Å². The summed E-state index contributed by atoms with van der Waals surface area (Å²) in [5.41, 5.74) is -0.333. The zero-order valence-corrected chi connectivity index (χ0v) is 10.6. The van der Waals surface area contributed by atoms with Gasteiger partial charge in [0.1, 0.15) is 5.82 Å². The second-order valence-electron chi connectivity index (χ2n) is 4.15. The van der Waals surface area contributed by atoms with Gasteiger partial charge in [-0.15, -0.1) is 0 Å². The van der Waals surface area contributed by atoms with Crippen molar-refractivity contribution in [1.82, 2.24) is 0 Å². The lowest BCUT2D eigenvalue weighted by molar-refractivity contribution is -0.137. The van der Waals surface area contributed by atoms with Crippen molar-refractivity contribution in [3.8, 4) is 0 Å². The van der Waals surface area contributed by atoms with Gasteiger partial charge in [0.2, 0.25) is 5.91 Å². The molecule has 0 bridgehead atoms. The van der Waals surface area contributed by atoms with E-state index in [2.05, 4.69) is 5.32 Å². The Hall–Kier alpha value is -2.44. The van der Waals surface area contributed by atoms with Crippen LogP contribution in [0.25, 0.3) is 0 Å². The summed E-state index contributed by atoms with van der Waals surface area (Å²) < 4.78 is 13.4. The van der Waals surface area contributed by atoms with Crippen LogP contribution >= 0.6 is 0 Å². The van der Waals surface area contributed by atoms with E-state index in [1.165, 1.54) is 0 Å². The molecule has 0 fully saturated rings. The van der Waals surface area contributed by atoms with Crippen molar-refractivity contribution in [2.45, 2.75) is 25.7 Å². The average molecular weight is 283 g/mol. The van der Waals surface area contributed by atoms with Crippen LogP contribution in [-0.2, 0) is 9.59 Å². The lowest BCUT2D eigenvalue weighted by Gasteiger charge is -2.07. The van der Waals surface area contributed by atoms with Crippen molar-refractivity contribution >= 4 is 23.5 Å². The number of nitrogens with one attached hydrogen (secondary N) is 1. The highest BCUT2D eigenvalue weighted by molar-refractivity contribution is 5.94. The highest BCUT2D eigenvalue weighted by Gasteiger charge is 2.11. The van der Waals surface area contributed by atoms with E-state index in [1.54, 1.807) is 0 Å². The van der Waals surface area contributed by atoms with Crippen LogP contribution in [0.1, 0.15) is 36.0 Å². The summed E-state index contributed by atoms with van der Waals surface area (Å²) in [6.45, 7) is 0. The molecule has 108 valence electrons. The van der Waals surface area contributed by atoms with E-state index in [1.807, 2.05) is 0 Å². The van der Waals surface area contributed by atoms with E-state index in [9.17, 15) is 18.8 Å². The van der Waals surface area contributed by atoms with E-state index in [-0.39, 0.29) is 24.1 Å². The van der Waals surface area contributed by atoms with Gasteiger partial charge in [-0.1, -0.05) is 0 Å². The number of halogens is 1. The van der Waals surface area contributed by atoms with Crippen LogP contribution < -0.4 is 5.32 Å². The number of carbonyl (C=O) groups excluding carboxylic acids is 1. The van der Waals surface area contributed by atoms with Crippen LogP contribution in [0.4, 0.5) is 10.1 Å². The summed E-state index contributed by atoms with van der Waals surface area (Å²) in [4.78, 5) is 32.5. The Morgan fingerprint density at radius 3 is 2.35 bits per heavy atom. The molecule has 7 heteroatoms. The number of benzene rings is 1. The third kappa shape index (κ3) is 5.05. The number of carboxylic acid groups (broad SMARTS) is 2. The summed E-state index contributed by atoms with van der Waals surface area (Å²) in [5.74, 6) is -3.38. The number of anilines is 1. The Morgan fingerprint density at radius 2 is 1.75 bits per heavy atom. The van der Waals surface area contributed by atoms with E-state index in [4.69, 9.17) is 10.2 Å². The van der Waals surface area contributed by atoms with Gasteiger partial charge < -0.3 is 15.5 Å². The number of carbonyl (C=O) groups is 3. The fraction of sp³-hybridized carbons (Fsp3) is 0.308. The van der Waals surface area contributed by atoms with Gasteiger partial charge in [0, 0.05) is 12.8 Å². The maximum Gasteiger partial charge on any atom is 0.335 e. The third-order valence-electron chi connectivity index (χ3n) is 2.53. The Balaban J connectivity index is 2.55. The lowest BCUT2D eigenvalue weighted by Crippen LogP contribution is -2.13. The standard InChI is InChI=1S/C13H14FNO5/c14-9-6-5-8(13(19)20)7-10(9)15-11(16)3-1-2-4-12(17)18/h5-7H,1-4H2,(H,15,16)(H,17,18)(H,19,20). The first-order valence-electron chi connectivity index (χ1n) is 5.94. The molecule has 1 aromatic rings. The summed E-state index contributed by atoms with van der Waals surface area (Å²) in [5, 5.41) is 19.5. The van der Waals surface area contributed by atoms with Crippen molar-refractivity contribution in [3.05, 3.63) is 29.6 Å². The summed E-state index contributed by atoms with van der Waals surface area (Å²) in [6, 6.07) is 3.09. The van der Waals surface area contributed by atoms with Crippen molar-refractivity contribution in [2.24, 2.45) is 0 Å². The molecule has 0 saturated carbocycles. The molecule has 0 atom stereocenters. The van der Waals surface area contributed by atoms with Crippen molar-refractivity contribution in [3.63, 3.8) is 0 Å². The second kappa shape index (κ2) is 7.22. The van der Waals surface area contributed by atoms with Gasteiger partial charge in [-0.2, -0.15) is 0 Å². The van der Waals surface area contributed by atoms with E-state index < -0.39 is 23.7 Å². The van der Waals surface area contributed by atoms with Gasteiger partial charge in [0.15, 0.2) is 0 Å². The van der Waals surface area contributed by atoms with Gasteiger partial charge in [-0.25, -0.2) is 9.18 Å². The molecule has 3 N–H and O–H groups in total. The summed E-state index contributed by atoms with van der Waals surface area (Å²) in [7, 11) is 0. The first-order valence-corrected chi connectivity index (χ1v) is 5.94. The van der Waals surface area contributed by atoms with Gasteiger partial charge in [-0.05, 0) is 31.0 Å². The molecule has 0 aliphatic heterocycles. The average Bonchev–Trinajstić information content (AvgIpc) is 2.37. The molecule has 1 aromatic carbocycles. The first-order chi connectivity index (χ1) is 9.40. The molecule has 1 amide bonds. The molecule has 0 saturated heterocycles. The predicted molar refractivity (Wildman–Crippen MR) is 68.1 cm³/mol. The molecule has 0 aromatic heterocycles. The molecule has 0 radical (unpaired) electrons. The molecular formula is C13H14FNO5. The number of carboxylic acids is 2. The van der Waals surface area contributed by atoms with Crippen molar-refractivity contribution < 1.29 is 29.0 Å². The third-order valence-corrected chi connectivity index (χ3v) is 2.53. The molecule has 0 aliphatic rings. The second-order valence-corrected chi connectivity index (χ2v) is 4.15. The van der Waals surface area contributed by atoms with Crippen LogP contribution in [0.3, 0.4) is 0 Å². The van der Waals surface area contributed by atoms with E-state index >= 15 is 0 Å². The van der Waals surface area contributed by atoms with Gasteiger partial charge in [0.05, 0.1) is 11.3 Å². The molecule has 0 heterocycles. The fourth-order valence-corrected chi connectivity index (χ4v) is 1.53. The zero-order valence-electron chi connectivity index (χ0n) is 10.6. The fourth-order valence-electron chi connectivity index (χ4n) is 1.53. The Labute approximate surface area is 114 Å². The van der Waals surface area contributed by atoms with Crippen LogP contribution in [0.5, 0.6) is 0 Å². The Morgan fingerprint density at radius 1 is 1.10 bits per heavy atom. The van der Waals surface area contributed by atoms with Crippen LogP contribution in [0.2, 0.25) is 0 Å². The SMILES string of the molecule is O=C(O)CCCCC(=O)Nc1cc(C(=O)O)ccc1F. The monoisotopic (exact) mass is 283 g/mol. The molecule has 20 heavy (non-hydrogen) atoms. The largest absolute Gasteiger partial charge is 0.481 e. The topological polar surface area (TPSA) is 104 Å². The number of aromatic carboxylic acids is 1. The molecule has 0 aliphatic carbocycles. The molecule has 1 rings (SSSR count). The number of unbranched alkanes of at least 4 members (excludes halogenated alkanes) is 1. The summed E-state index contributed by atoms with van der Waals surface area (Å²) >= 11 is 0. The Kier molecular flexibility index (Phi) is 5.64. The first kappa shape index (κ1) is 15.6. The maximum absolute atomic E-state index is 13.4. The minimum Gasteiger partial charge on any atom is -0.481 e.